The van der Waals surface area contributed by atoms with Gasteiger partial charge in [-0.05, 0) is 58.2 Å². The van der Waals surface area contributed by atoms with Crippen LogP contribution in [0, 0.1) is 0 Å². The number of pyridine rings is 1. The maximum atomic E-state index is 13.9. The van der Waals surface area contributed by atoms with Crippen molar-refractivity contribution in [3.63, 3.8) is 0 Å². The molecule has 1 aromatic heterocycles. The number of fused-ring (bicyclic) bond motifs is 2. The molecule has 0 amide bonds. The van der Waals surface area contributed by atoms with E-state index in [9.17, 15) is 14.7 Å². The van der Waals surface area contributed by atoms with Gasteiger partial charge in [0, 0.05) is 24.4 Å². The van der Waals surface area contributed by atoms with Crippen molar-refractivity contribution in [2.75, 3.05) is 5.75 Å². The summed E-state index contributed by atoms with van der Waals surface area (Å²) < 4.78 is 1.58. The molecule has 0 spiro atoms. The Morgan fingerprint density at radius 2 is 1.69 bits per heavy atom. The van der Waals surface area contributed by atoms with Crippen LogP contribution in [0.1, 0.15) is 52.6 Å². The highest BCUT2D eigenvalue weighted by molar-refractivity contribution is 7.99. The van der Waals surface area contributed by atoms with Crippen LogP contribution in [-0.4, -0.2) is 21.4 Å². The fourth-order valence-electron chi connectivity index (χ4n) is 5.37. The maximum absolute atomic E-state index is 13.9. The Bertz CT molecular complexity index is 1500. The Hall–Kier alpha value is -3.35. The summed E-state index contributed by atoms with van der Waals surface area (Å²) in [6.07, 6.45) is 2.84. The van der Waals surface area contributed by atoms with E-state index in [-0.39, 0.29) is 5.56 Å². The summed E-state index contributed by atoms with van der Waals surface area (Å²) in [6.45, 7) is 1.05. The van der Waals surface area contributed by atoms with Gasteiger partial charge in [-0.1, -0.05) is 72.8 Å². The molecule has 2 heterocycles. The lowest BCUT2D eigenvalue weighted by atomic mass is 9.91. The molecule has 1 saturated carbocycles. The first-order valence-electron chi connectivity index (χ1n) is 12.5. The molecule has 5 nitrogen and oxygen atoms in total. The average molecular weight is 497 g/mol. The third kappa shape index (κ3) is 4.25. The largest absolute Gasteiger partial charge is 0.480 e. The first kappa shape index (κ1) is 23.1. The van der Waals surface area contributed by atoms with Gasteiger partial charge >= 0.3 is 5.97 Å². The first-order valence-corrected chi connectivity index (χ1v) is 13.5. The number of hydrogen-bond acceptors (Lipinski definition) is 4. The lowest BCUT2D eigenvalue weighted by molar-refractivity contribution is -0.140. The minimum Gasteiger partial charge on any atom is -0.480 e. The molecule has 2 N–H and O–H groups in total. The molecular weight excluding hydrogens is 468 g/mol. The van der Waals surface area contributed by atoms with Gasteiger partial charge in [-0.15, -0.1) is 11.8 Å². The Labute approximate surface area is 214 Å². The highest BCUT2D eigenvalue weighted by Crippen LogP contribution is 2.49. The van der Waals surface area contributed by atoms with E-state index < -0.39 is 12.0 Å². The molecule has 2 aliphatic rings. The van der Waals surface area contributed by atoms with Crippen LogP contribution in [0.4, 0.5) is 0 Å². The minimum atomic E-state index is -0.935. The van der Waals surface area contributed by atoms with Gasteiger partial charge in [-0.25, -0.2) is 4.79 Å². The van der Waals surface area contributed by atoms with Crippen LogP contribution in [0.2, 0.25) is 0 Å². The molecule has 36 heavy (non-hydrogen) atoms. The van der Waals surface area contributed by atoms with E-state index in [1.165, 1.54) is 33.7 Å². The van der Waals surface area contributed by atoms with Gasteiger partial charge in [0.15, 0.2) is 0 Å². The van der Waals surface area contributed by atoms with E-state index in [1.807, 2.05) is 24.3 Å². The number of carbonyl (C=O) groups is 1. The molecular formula is C30H28N2O3S. The molecule has 0 saturated heterocycles. The highest BCUT2D eigenvalue weighted by Gasteiger charge is 2.39. The quantitative estimate of drug-likeness (QED) is 0.338. The van der Waals surface area contributed by atoms with Crippen LogP contribution >= 0.6 is 11.8 Å². The molecule has 4 aromatic rings. The predicted octanol–water partition coefficient (Wildman–Crippen LogP) is 5.49. The fraction of sp³-hybridized carbons (Fsp3) is 0.267. The van der Waals surface area contributed by atoms with Crippen LogP contribution in [0.3, 0.4) is 0 Å². The van der Waals surface area contributed by atoms with Crippen molar-refractivity contribution in [3.05, 3.63) is 111 Å². The lowest BCUT2D eigenvalue weighted by Crippen LogP contribution is -2.34. The SMILES string of the molecule is O=C(O)[C@@H]1CSc2c(C3CC3)c(Cc3cccc4ccccc34)c(CNCc3ccccc3)c(=O)n21. The Balaban J connectivity index is 1.48. The number of aromatic nitrogens is 1. The molecule has 1 aliphatic heterocycles. The van der Waals surface area contributed by atoms with E-state index in [0.717, 1.165) is 29.0 Å². The molecule has 1 fully saturated rings. The van der Waals surface area contributed by atoms with E-state index in [2.05, 4.69) is 53.8 Å². The third-order valence-electron chi connectivity index (χ3n) is 7.30. The Kier molecular flexibility index (Phi) is 6.15. The zero-order valence-electron chi connectivity index (χ0n) is 19.9. The number of nitrogens with one attached hydrogen (secondary N) is 1. The number of hydrogen-bond donors (Lipinski definition) is 2. The van der Waals surface area contributed by atoms with Gasteiger partial charge in [0.1, 0.15) is 6.04 Å². The van der Waals surface area contributed by atoms with E-state index in [1.54, 1.807) is 4.57 Å². The molecule has 1 aliphatic carbocycles. The summed E-state index contributed by atoms with van der Waals surface area (Å²) in [6, 6.07) is 24.0. The summed E-state index contributed by atoms with van der Waals surface area (Å²) >= 11 is 1.53. The van der Waals surface area contributed by atoms with E-state index in [4.69, 9.17) is 0 Å². The smallest absolute Gasteiger partial charge is 0.327 e. The topological polar surface area (TPSA) is 71.3 Å². The number of carboxylic acids is 1. The zero-order chi connectivity index (χ0) is 24.6. The average Bonchev–Trinajstić information content (AvgIpc) is 3.63. The highest BCUT2D eigenvalue weighted by atomic mass is 32.2. The molecule has 6 heteroatoms. The molecule has 0 bridgehead atoms. The number of carboxylic acid groups (broad SMARTS) is 1. The number of nitrogens with zero attached hydrogens (tertiary/aromatic N) is 1. The summed E-state index contributed by atoms with van der Waals surface area (Å²) in [5.41, 5.74) is 5.18. The molecule has 1 atom stereocenters. The molecule has 182 valence electrons. The van der Waals surface area contributed by atoms with Crippen LogP contribution in [0.15, 0.2) is 82.6 Å². The van der Waals surface area contributed by atoms with Crippen molar-refractivity contribution >= 4 is 28.5 Å². The van der Waals surface area contributed by atoms with E-state index in [0.29, 0.717) is 36.7 Å². The number of aliphatic carboxylic acids is 1. The maximum Gasteiger partial charge on any atom is 0.327 e. The standard InChI is InChI=1S/C30H28N2O3S/c33-28-25(17-31-16-19-7-2-1-3-8-19)24(15-22-11-6-10-20-9-4-5-12-23(20)22)27(21-13-14-21)29-32(28)26(18-36-29)30(34)35/h1-12,21,26,31H,13-18H2,(H,34,35)/t26-/m0/s1. The van der Waals surface area contributed by atoms with Gasteiger partial charge in [-0.2, -0.15) is 0 Å². The number of benzene rings is 3. The molecule has 6 rings (SSSR count). The van der Waals surface area contributed by atoms with Crippen LogP contribution in [0.25, 0.3) is 10.8 Å². The number of thioether (sulfide) groups is 1. The Morgan fingerprint density at radius 1 is 0.944 bits per heavy atom. The summed E-state index contributed by atoms with van der Waals surface area (Å²) in [5.74, 6) is -0.140. The summed E-state index contributed by atoms with van der Waals surface area (Å²) in [5, 5.41) is 16.6. The van der Waals surface area contributed by atoms with Crippen molar-refractivity contribution in [1.29, 1.82) is 0 Å². The van der Waals surface area contributed by atoms with Gasteiger partial charge in [0.05, 0.1) is 5.03 Å². The van der Waals surface area contributed by atoms with Gasteiger partial charge in [0.2, 0.25) is 0 Å². The molecule has 0 radical (unpaired) electrons. The monoisotopic (exact) mass is 496 g/mol. The normalized spacial score (nSPS) is 16.8. The molecule has 0 unspecified atom stereocenters. The van der Waals surface area contributed by atoms with Gasteiger partial charge in [0.25, 0.3) is 5.56 Å². The van der Waals surface area contributed by atoms with E-state index >= 15 is 0 Å². The first-order chi connectivity index (χ1) is 17.6. The second kappa shape index (κ2) is 9.60. The fourth-order valence-corrected chi connectivity index (χ4v) is 6.78. The van der Waals surface area contributed by atoms with Crippen molar-refractivity contribution in [2.24, 2.45) is 0 Å². The summed E-state index contributed by atoms with van der Waals surface area (Å²) in [7, 11) is 0. The van der Waals surface area contributed by atoms with Crippen molar-refractivity contribution in [1.82, 2.24) is 9.88 Å². The van der Waals surface area contributed by atoms with Gasteiger partial charge < -0.3 is 10.4 Å². The number of rotatable bonds is 8. The second-order valence-electron chi connectivity index (χ2n) is 9.69. The lowest BCUT2D eigenvalue weighted by Gasteiger charge is -2.21. The van der Waals surface area contributed by atoms with Gasteiger partial charge in [-0.3, -0.25) is 9.36 Å². The third-order valence-corrected chi connectivity index (χ3v) is 8.47. The van der Waals surface area contributed by atoms with Crippen LogP contribution < -0.4 is 10.9 Å². The second-order valence-corrected chi connectivity index (χ2v) is 10.7. The van der Waals surface area contributed by atoms with Crippen LogP contribution in [0.5, 0.6) is 0 Å². The minimum absolute atomic E-state index is 0.164. The Morgan fingerprint density at radius 3 is 2.47 bits per heavy atom. The van der Waals surface area contributed by atoms with Crippen molar-refractivity contribution < 1.29 is 9.90 Å². The van der Waals surface area contributed by atoms with Crippen LogP contribution in [-0.2, 0) is 24.3 Å². The summed E-state index contributed by atoms with van der Waals surface area (Å²) in [4.78, 5) is 26.0. The molecule has 3 aromatic carbocycles. The van der Waals surface area contributed by atoms with Crippen molar-refractivity contribution in [2.45, 2.75) is 49.3 Å². The van der Waals surface area contributed by atoms with Crippen molar-refractivity contribution in [3.8, 4) is 0 Å². The predicted molar refractivity (Wildman–Crippen MR) is 144 cm³/mol. The zero-order valence-corrected chi connectivity index (χ0v) is 20.8.